The standard InChI is InChI=1S/C16H16Cl2N2O2/c1-20(2)14-5-3-11(4-6-14)7-12(9-19)15(21)22-10-13-8-16(13,17)18/h3-7,13H,8,10H2,1-2H3/b12-7+. The molecule has 0 spiro atoms. The number of esters is 1. The maximum absolute atomic E-state index is 11.9. The summed E-state index contributed by atoms with van der Waals surface area (Å²) >= 11 is 11.7. The Morgan fingerprint density at radius 2 is 2.05 bits per heavy atom. The quantitative estimate of drug-likeness (QED) is 0.357. The number of alkyl halides is 2. The highest BCUT2D eigenvalue weighted by Crippen LogP contribution is 2.53. The molecule has 1 fully saturated rings. The van der Waals surface area contributed by atoms with Gasteiger partial charge in [-0.05, 0) is 30.2 Å². The van der Waals surface area contributed by atoms with Crippen LogP contribution in [0.15, 0.2) is 29.8 Å². The lowest BCUT2D eigenvalue weighted by Crippen LogP contribution is -2.11. The first kappa shape index (κ1) is 16.7. The largest absolute Gasteiger partial charge is 0.461 e. The molecule has 1 unspecified atom stereocenters. The summed E-state index contributed by atoms with van der Waals surface area (Å²) in [6.07, 6.45) is 2.10. The highest BCUT2D eigenvalue weighted by molar-refractivity contribution is 6.50. The van der Waals surface area contributed by atoms with Crippen LogP contribution in [0.5, 0.6) is 0 Å². The molecule has 1 aliphatic carbocycles. The monoisotopic (exact) mass is 338 g/mol. The van der Waals surface area contributed by atoms with Crippen molar-refractivity contribution < 1.29 is 9.53 Å². The maximum Gasteiger partial charge on any atom is 0.348 e. The van der Waals surface area contributed by atoms with Crippen LogP contribution in [0, 0.1) is 17.2 Å². The molecular weight excluding hydrogens is 323 g/mol. The number of carbonyl (C=O) groups excluding carboxylic acids is 1. The summed E-state index contributed by atoms with van der Waals surface area (Å²) in [5.74, 6) is -0.714. The molecule has 0 saturated heterocycles. The molecule has 0 aromatic heterocycles. The molecule has 2 rings (SSSR count). The van der Waals surface area contributed by atoms with E-state index in [1.165, 1.54) is 6.08 Å². The second kappa shape index (κ2) is 6.60. The van der Waals surface area contributed by atoms with Gasteiger partial charge in [-0.25, -0.2) is 4.79 Å². The predicted molar refractivity (Wildman–Crippen MR) is 87.9 cm³/mol. The Bertz CT molecular complexity index is 631. The number of benzene rings is 1. The average molecular weight is 339 g/mol. The lowest BCUT2D eigenvalue weighted by molar-refractivity contribution is -0.138. The first-order valence-electron chi connectivity index (χ1n) is 6.77. The van der Waals surface area contributed by atoms with Crippen molar-refractivity contribution in [2.24, 2.45) is 5.92 Å². The first-order valence-corrected chi connectivity index (χ1v) is 7.53. The molecule has 0 radical (unpaired) electrons. The Labute approximate surface area is 139 Å². The van der Waals surface area contributed by atoms with Crippen LogP contribution in [0.3, 0.4) is 0 Å². The van der Waals surface area contributed by atoms with Gasteiger partial charge in [0.15, 0.2) is 0 Å². The number of anilines is 1. The Morgan fingerprint density at radius 3 is 2.50 bits per heavy atom. The van der Waals surface area contributed by atoms with Gasteiger partial charge in [0.25, 0.3) is 0 Å². The van der Waals surface area contributed by atoms with Crippen molar-refractivity contribution in [1.82, 2.24) is 0 Å². The molecule has 1 aliphatic rings. The van der Waals surface area contributed by atoms with Crippen molar-refractivity contribution in [3.63, 3.8) is 0 Å². The fraction of sp³-hybridized carbons (Fsp3) is 0.375. The van der Waals surface area contributed by atoms with E-state index in [4.69, 9.17) is 33.2 Å². The summed E-state index contributed by atoms with van der Waals surface area (Å²) in [5.41, 5.74) is 1.75. The molecule has 0 heterocycles. The molecule has 116 valence electrons. The molecule has 1 aromatic rings. The summed E-state index contributed by atoms with van der Waals surface area (Å²) in [7, 11) is 3.88. The number of ether oxygens (including phenoxy) is 1. The van der Waals surface area contributed by atoms with Crippen molar-refractivity contribution in [2.45, 2.75) is 10.8 Å². The van der Waals surface area contributed by atoms with E-state index in [0.717, 1.165) is 11.3 Å². The van der Waals surface area contributed by atoms with Gasteiger partial charge < -0.3 is 9.64 Å². The highest BCUT2D eigenvalue weighted by atomic mass is 35.5. The SMILES string of the molecule is CN(C)c1ccc(/C=C(\C#N)C(=O)OCC2CC2(Cl)Cl)cc1. The van der Waals surface area contributed by atoms with E-state index >= 15 is 0 Å². The van der Waals surface area contributed by atoms with E-state index in [2.05, 4.69) is 0 Å². The summed E-state index contributed by atoms with van der Waals surface area (Å²) in [4.78, 5) is 13.9. The van der Waals surface area contributed by atoms with E-state index in [1.54, 1.807) is 0 Å². The zero-order valence-electron chi connectivity index (χ0n) is 12.3. The van der Waals surface area contributed by atoms with E-state index in [0.29, 0.717) is 6.42 Å². The minimum Gasteiger partial charge on any atom is -0.461 e. The Morgan fingerprint density at radius 1 is 1.45 bits per heavy atom. The molecule has 0 amide bonds. The number of hydrogen-bond acceptors (Lipinski definition) is 4. The van der Waals surface area contributed by atoms with Crippen molar-refractivity contribution in [3.8, 4) is 6.07 Å². The predicted octanol–water partition coefficient (Wildman–Crippen LogP) is 3.40. The summed E-state index contributed by atoms with van der Waals surface area (Å²) in [6, 6.07) is 9.35. The molecule has 6 heteroatoms. The lowest BCUT2D eigenvalue weighted by atomic mass is 10.1. The number of halogens is 2. The third-order valence-electron chi connectivity index (χ3n) is 3.43. The molecule has 1 aromatic carbocycles. The van der Waals surface area contributed by atoms with Crippen LogP contribution in [0.25, 0.3) is 6.08 Å². The topological polar surface area (TPSA) is 53.3 Å². The minimum atomic E-state index is -0.793. The minimum absolute atomic E-state index is 0.0482. The molecule has 0 N–H and O–H groups in total. The van der Waals surface area contributed by atoms with Gasteiger partial charge in [0.1, 0.15) is 16.0 Å². The first-order chi connectivity index (χ1) is 10.3. The van der Waals surface area contributed by atoms with Gasteiger partial charge in [-0.15, -0.1) is 23.2 Å². The highest BCUT2D eigenvalue weighted by Gasteiger charge is 2.52. The van der Waals surface area contributed by atoms with Crippen LogP contribution in [0.2, 0.25) is 0 Å². The van der Waals surface area contributed by atoms with Gasteiger partial charge >= 0.3 is 5.97 Å². The van der Waals surface area contributed by atoms with Crippen LogP contribution in [0.1, 0.15) is 12.0 Å². The molecule has 0 aliphatic heterocycles. The molecule has 4 nitrogen and oxygen atoms in total. The van der Waals surface area contributed by atoms with Crippen LogP contribution in [-0.2, 0) is 9.53 Å². The van der Waals surface area contributed by atoms with Crippen molar-refractivity contribution in [3.05, 3.63) is 35.4 Å². The number of carbonyl (C=O) groups is 1. The van der Waals surface area contributed by atoms with Gasteiger partial charge in [-0.1, -0.05) is 12.1 Å². The molecule has 0 bridgehead atoms. The van der Waals surface area contributed by atoms with Crippen molar-refractivity contribution in [1.29, 1.82) is 5.26 Å². The third kappa shape index (κ3) is 4.16. The van der Waals surface area contributed by atoms with E-state index in [-0.39, 0.29) is 18.1 Å². The lowest BCUT2D eigenvalue weighted by Gasteiger charge is -2.11. The fourth-order valence-electron chi connectivity index (χ4n) is 1.88. The van der Waals surface area contributed by atoms with Gasteiger partial charge in [0, 0.05) is 25.7 Å². The third-order valence-corrected chi connectivity index (χ3v) is 4.36. The Hall–Kier alpha value is -1.70. The second-order valence-corrected chi connectivity index (χ2v) is 6.96. The summed E-state index contributed by atoms with van der Waals surface area (Å²) in [5, 5.41) is 9.10. The average Bonchev–Trinajstić information content (AvgIpc) is 3.10. The van der Waals surface area contributed by atoms with Crippen LogP contribution in [0.4, 0.5) is 5.69 Å². The summed E-state index contributed by atoms with van der Waals surface area (Å²) in [6.45, 7) is 0.129. The van der Waals surface area contributed by atoms with Gasteiger partial charge in [-0.3, -0.25) is 0 Å². The zero-order valence-corrected chi connectivity index (χ0v) is 13.9. The van der Waals surface area contributed by atoms with Crippen molar-refractivity contribution in [2.75, 3.05) is 25.6 Å². The number of nitrogens with zero attached hydrogens (tertiary/aromatic N) is 2. The normalized spacial score (nSPS) is 19.2. The van der Waals surface area contributed by atoms with Crippen molar-refractivity contribution >= 4 is 40.9 Å². The number of nitriles is 1. The maximum atomic E-state index is 11.9. The van der Waals surface area contributed by atoms with Gasteiger partial charge in [0.2, 0.25) is 0 Å². The molecular formula is C16H16Cl2N2O2. The zero-order chi connectivity index (χ0) is 16.3. The second-order valence-electron chi connectivity index (χ2n) is 5.42. The van der Waals surface area contributed by atoms with Crippen LogP contribution in [-0.4, -0.2) is 31.0 Å². The van der Waals surface area contributed by atoms with Crippen LogP contribution < -0.4 is 4.90 Å². The molecule has 1 atom stereocenters. The van der Waals surface area contributed by atoms with Gasteiger partial charge in [-0.2, -0.15) is 5.26 Å². The Kier molecular flexibility index (Phi) is 5.00. The smallest absolute Gasteiger partial charge is 0.348 e. The van der Waals surface area contributed by atoms with Crippen LogP contribution >= 0.6 is 23.2 Å². The molecule has 1 saturated carbocycles. The van der Waals surface area contributed by atoms with Gasteiger partial charge in [0.05, 0.1) is 6.61 Å². The Balaban J connectivity index is 2.00. The van der Waals surface area contributed by atoms with E-state index < -0.39 is 10.3 Å². The molecule has 22 heavy (non-hydrogen) atoms. The van der Waals surface area contributed by atoms with E-state index in [1.807, 2.05) is 49.3 Å². The number of hydrogen-bond donors (Lipinski definition) is 0. The number of rotatable bonds is 5. The van der Waals surface area contributed by atoms with E-state index in [9.17, 15) is 4.79 Å². The fourth-order valence-corrected chi connectivity index (χ4v) is 2.38. The summed E-state index contributed by atoms with van der Waals surface area (Å²) < 4.78 is 4.29.